The van der Waals surface area contributed by atoms with Gasteiger partial charge in [-0.3, -0.25) is 0 Å². The number of carbonyl (C=O) groups is 1. The molecule has 4 heteroatoms. The second-order valence-electron chi connectivity index (χ2n) is 7.28. The molecule has 3 rings (SSSR count). The van der Waals surface area contributed by atoms with E-state index in [9.17, 15) is 4.79 Å². The number of carbonyl (C=O) groups excluding carboxylic acids is 1. The molecule has 3 heterocycles. The molecule has 1 spiro atoms. The van der Waals surface area contributed by atoms with Crippen LogP contribution in [0.3, 0.4) is 0 Å². The Hall–Kier alpha value is -0.770. The number of hydrogen-bond acceptors (Lipinski definition) is 2. The Balaban J connectivity index is 1.62. The Morgan fingerprint density at radius 3 is 2.70 bits per heavy atom. The topological polar surface area (TPSA) is 35.6 Å². The molecule has 0 radical (unpaired) electrons. The van der Waals surface area contributed by atoms with Gasteiger partial charge in [0.2, 0.25) is 0 Å². The second kappa shape index (κ2) is 5.92. The quantitative estimate of drug-likeness (QED) is 0.738. The zero-order valence-corrected chi connectivity index (χ0v) is 12.9. The molecule has 20 heavy (non-hydrogen) atoms. The van der Waals surface area contributed by atoms with Gasteiger partial charge in [0.25, 0.3) is 0 Å². The van der Waals surface area contributed by atoms with E-state index in [1.54, 1.807) is 0 Å². The van der Waals surface area contributed by atoms with E-state index < -0.39 is 0 Å². The van der Waals surface area contributed by atoms with Gasteiger partial charge in [-0.15, -0.1) is 0 Å². The molecule has 0 aromatic carbocycles. The predicted octanol–water partition coefficient (Wildman–Crippen LogP) is 2.30. The number of nitrogens with zero attached hydrogens (tertiary/aromatic N) is 2. The van der Waals surface area contributed by atoms with Crippen LogP contribution in [0.2, 0.25) is 0 Å². The van der Waals surface area contributed by atoms with E-state index in [4.69, 9.17) is 0 Å². The molecule has 3 aliphatic heterocycles. The molecule has 2 unspecified atom stereocenters. The first-order valence-electron chi connectivity index (χ1n) is 8.43. The fourth-order valence-corrected chi connectivity index (χ4v) is 4.31. The van der Waals surface area contributed by atoms with Crippen LogP contribution in [0.4, 0.5) is 4.79 Å². The first-order chi connectivity index (χ1) is 9.69. The van der Waals surface area contributed by atoms with Crippen LogP contribution >= 0.6 is 0 Å². The molecule has 114 valence electrons. The summed E-state index contributed by atoms with van der Waals surface area (Å²) in [6, 6.07) is 0.307. The monoisotopic (exact) mass is 279 g/mol. The lowest BCUT2D eigenvalue weighted by atomic mass is 9.74. The number of amides is 2. The summed E-state index contributed by atoms with van der Waals surface area (Å²) in [4.78, 5) is 17.0. The Morgan fingerprint density at radius 1 is 1.15 bits per heavy atom. The lowest BCUT2D eigenvalue weighted by molar-refractivity contribution is 0.0605. The van der Waals surface area contributed by atoms with Gasteiger partial charge in [-0.25, -0.2) is 4.79 Å². The Bertz CT molecular complexity index is 346. The Kier molecular flexibility index (Phi) is 4.20. The number of likely N-dealkylation sites (tertiary alicyclic amines) is 2. The van der Waals surface area contributed by atoms with Crippen molar-refractivity contribution in [3.05, 3.63) is 0 Å². The molecule has 0 aromatic heterocycles. The number of hydrogen-bond donors (Lipinski definition) is 1. The van der Waals surface area contributed by atoms with E-state index in [2.05, 4.69) is 22.0 Å². The van der Waals surface area contributed by atoms with Crippen molar-refractivity contribution in [2.45, 2.75) is 45.4 Å². The first kappa shape index (κ1) is 14.2. The summed E-state index contributed by atoms with van der Waals surface area (Å²) in [7, 11) is 0. The van der Waals surface area contributed by atoms with Crippen LogP contribution in [0.1, 0.15) is 45.4 Å². The first-order valence-corrected chi connectivity index (χ1v) is 8.43. The molecule has 2 atom stereocenters. The summed E-state index contributed by atoms with van der Waals surface area (Å²) in [5, 5.41) is 3.54. The van der Waals surface area contributed by atoms with Gasteiger partial charge in [0.15, 0.2) is 0 Å². The van der Waals surface area contributed by atoms with Crippen LogP contribution in [-0.4, -0.2) is 55.1 Å². The lowest BCUT2D eigenvalue weighted by Crippen LogP contribution is -2.56. The standard InChI is InChI=1S/C16H29N3O/c1-14-5-2-9-18(11-14)15(20)19-10-4-7-16(13-19)6-3-8-17-12-16/h14,17H,2-13H2,1H3. The van der Waals surface area contributed by atoms with Gasteiger partial charge in [-0.1, -0.05) is 6.92 Å². The maximum absolute atomic E-state index is 12.8. The van der Waals surface area contributed by atoms with Gasteiger partial charge in [0.1, 0.15) is 0 Å². The minimum Gasteiger partial charge on any atom is -0.324 e. The van der Waals surface area contributed by atoms with Crippen LogP contribution in [0.5, 0.6) is 0 Å². The van der Waals surface area contributed by atoms with Crippen molar-refractivity contribution in [1.82, 2.24) is 15.1 Å². The van der Waals surface area contributed by atoms with Gasteiger partial charge < -0.3 is 15.1 Å². The molecular formula is C16H29N3O. The molecule has 0 aliphatic carbocycles. The third kappa shape index (κ3) is 2.95. The number of piperidine rings is 3. The van der Waals surface area contributed by atoms with Crippen LogP contribution < -0.4 is 5.32 Å². The van der Waals surface area contributed by atoms with Crippen molar-refractivity contribution < 1.29 is 4.79 Å². The highest BCUT2D eigenvalue weighted by atomic mass is 16.2. The fraction of sp³-hybridized carbons (Fsp3) is 0.938. The molecule has 1 N–H and O–H groups in total. The summed E-state index contributed by atoms with van der Waals surface area (Å²) < 4.78 is 0. The van der Waals surface area contributed by atoms with Crippen molar-refractivity contribution in [3.8, 4) is 0 Å². The largest absolute Gasteiger partial charge is 0.324 e. The van der Waals surface area contributed by atoms with Crippen molar-refractivity contribution in [2.75, 3.05) is 39.3 Å². The Morgan fingerprint density at radius 2 is 1.95 bits per heavy atom. The molecule has 3 fully saturated rings. The van der Waals surface area contributed by atoms with E-state index in [1.807, 2.05) is 0 Å². The molecule has 0 aromatic rings. The zero-order valence-electron chi connectivity index (χ0n) is 12.9. The van der Waals surface area contributed by atoms with E-state index >= 15 is 0 Å². The summed E-state index contributed by atoms with van der Waals surface area (Å²) in [6.45, 7) is 8.38. The van der Waals surface area contributed by atoms with Crippen LogP contribution in [0.25, 0.3) is 0 Å². The number of rotatable bonds is 0. The van der Waals surface area contributed by atoms with Gasteiger partial charge in [0, 0.05) is 38.1 Å². The average Bonchev–Trinajstić information content (AvgIpc) is 2.47. The van der Waals surface area contributed by atoms with E-state index in [0.717, 1.165) is 39.3 Å². The van der Waals surface area contributed by atoms with Crippen LogP contribution in [-0.2, 0) is 0 Å². The SMILES string of the molecule is CC1CCCN(C(=O)N2CCCC3(CCCNC3)C2)C1. The normalized spacial score (nSPS) is 35.4. The summed E-state index contributed by atoms with van der Waals surface area (Å²) in [6.07, 6.45) is 7.48. The predicted molar refractivity (Wildman–Crippen MR) is 80.7 cm³/mol. The van der Waals surface area contributed by atoms with E-state index in [1.165, 1.54) is 38.5 Å². The molecular weight excluding hydrogens is 250 g/mol. The maximum atomic E-state index is 12.8. The summed E-state index contributed by atoms with van der Waals surface area (Å²) in [5.41, 5.74) is 0.369. The zero-order chi connectivity index (χ0) is 14.0. The third-order valence-corrected chi connectivity index (χ3v) is 5.42. The second-order valence-corrected chi connectivity index (χ2v) is 7.28. The van der Waals surface area contributed by atoms with E-state index in [0.29, 0.717) is 17.4 Å². The highest BCUT2D eigenvalue weighted by Gasteiger charge is 2.39. The van der Waals surface area contributed by atoms with Crippen molar-refractivity contribution in [3.63, 3.8) is 0 Å². The molecule has 4 nitrogen and oxygen atoms in total. The van der Waals surface area contributed by atoms with Crippen LogP contribution in [0.15, 0.2) is 0 Å². The minimum absolute atomic E-state index is 0.307. The fourth-order valence-electron chi connectivity index (χ4n) is 4.31. The number of urea groups is 1. The average molecular weight is 279 g/mol. The van der Waals surface area contributed by atoms with Gasteiger partial charge >= 0.3 is 6.03 Å². The van der Waals surface area contributed by atoms with Gasteiger partial charge in [-0.2, -0.15) is 0 Å². The smallest absolute Gasteiger partial charge is 0.320 e. The molecule has 3 saturated heterocycles. The lowest BCUT2D eigenvalue weighted by Gasteiger charge is -2.47. The molecule has 2 amide bonds. The molecule has 3 aliphatic rings. The molecule has 0 saturated carbocycles. The minimum atomic E-state index is 0.307. The summed E-state index contributed by atoms with van der Waals surface area (Å²) >= 11 is 0. The van der Waals surface area contributed by atoms with Crippen molar-refractivity contribution >= 4 is 6.03 Å². The highest BCUT2D eigenvalue weighted by Crippen LogP contribution is 2.36. The summed E-state index contributed by atoms with van der Waals surface area (Å²) in [5.74, 6) is 0.669. The van der Waals surface area contributed by atoms with Gasteiger partial charge in [-0.05, 0) is 51.0 Å². The molecule has 0 bridgehead atoms. The third-order valence-electron chi connectivity index (χ3n) is 5.42. The highest BCUT2D eigenvalue weighted by molar-refractivity contribution is 5.74. The number of nitrogens with one attached hydrogen (secondary N) is 1. The van der Waals surface area contributed by atoms with E-state index in [-0.39, 0.29) is 0 Å². The van der Waals surface area contributed by atoms with Crippen molar-refractivity contribution in [2.24, 2.45) is 11.3 Å². The van der Waals surface area contributed by atoms with Crippen LogP contribution in [0, 0.1) is 11.3 Å². The van der Waals surface area contributed by atoms with Crippen molar-refractivity contribution in [1.29, 1.82) is 0 Å². The Labute approximate surface area is 122 Å². The maximum Gasteiger partial charge on any atom is 0.320 e. The van der Waals surface area contributed by atoms with Gasteiger partial charge in [0.05, 0.1) is 0 Å².